The molecule has 0 aliphatic heterocycles. The van der Waals surface area contributed by atoms with Gasteiger partial charge in [0.1, 0.15) is 0 Å². The molecule has 1 unspecified atom stereocenters. The van der Waals surface area contributed by atoms with Gasteiger partial charge in [0.05, 0.1) is 11.1 Å². The quantitative estimate of drug-likeness (QED) is 0.808. The first-order valence-electron chi connectivity index (χ1n) is 7.51. The van der Waals surface area contributed by atoms with Crippen LogP contribution in [0.5, 0.6) is 0 Å². The molecular weight excluding hydrogens is 314 g/mol. The lowest BCUT2D eigenvalue weighted by Crippen LogP contribution is -2.52. The van der Waals surface area contributed by atoms with Crippen LogP contribution in [0.25, 0.3) is 11.3 Å². The number of nitrogens with two attached hydrogens (primary N) is 1. The molecule has 2 rings (SSSR count). The van der Waals surface area contributed by atoms with Crippen molar-refractivity contribution in [1.29, 1.82) is 0 Å². The lowest BCUT2D eigenvalue weighted by Gasteiger charge is -2.31. The van der Waals surface area contributed by atoms with Crippen LogP contribution in [-0.4, -0.2) is 25.7 Å². The molecule has 0 aliphatic rings. The third kappa shape index (κ3) is 4.19. The smallest absolute Gasteiger partial charge is 0.241 e. The first-order valence-corrected chi connectivity index (χ1v) is 9.00. The van der Waals surface area contributed by atoms with E-state index in [0.29, 0.717) is 23.7 Å². The number of nitrogens with one attached hydrogen (secondary N) is 1. The van der Waals surface area contributed by atoms with Gasteiger partial charge in [-0.05, 0) is 31.4 Å². The van der Waals surface area contributed by atoms with Crippen molar-refractivity contribution < 1.29 is 12.9 Å². The molecule has 1 aromatic heterocycles. The molecule has 0 fully saturated rings. The summed E-state index contributed by atoms with van der Waals surface area (Å²) in [4.78, 5) is 0.153. The summed E-state index contributed by atoms with van der Waals surface area (Å²) < 4.78 is 33.6. The van der Waals surface area contributed by atoms with E-state index in [1.54, 1.807) is 30.3 Å². The molecule has 0 radical (unpaired) electrons. The Morgan fingerprint density at radius 3 is 2.57 bits per heavy atom. The second kappa shape index (κ2) is 6.82. The second-order valence-corrected chi connectivity index (χ2v) is 7.99. The van der Waals surface area contributed by atoms with E-state index in [4.69, 9.17) is 10.3 Å². The van der Waals surface area contributed by atoms with Gasteiger partial charge in [-0.1, -0.05) is 31.1 Å². The summed E-state index contributed by atoms with van der Waals surface area (Å²) in [6, 6.07) is 8.30. The molecule has 6 nitrogen and oxygen atoms in total. The van der Waals surface area contributed by atoms with Gasteiger partial charge in [-0.3, -0.25) is 0 Å². The third-order valence-corrected chi connectivity index (χ3v) is 5.27. The third-order valence-electron chi connectivity index (χ3n) is 3.57. The van der Waals surface area contributed by atoms with E-state index in [2.05, 4.69) is 9.88 Å². The number of hydrogen-bond donors (Lipinski definition) is 2. The molecule has 1 atom stereocenters. The maximum Gasteiger partial charge on any atom is 0.241 e. The van der Waals surface area contributed by atoms with Crippen LogP contribution < -0.4 is 10.5 Å². The van der Waals surface area contributed by atoms with Crippen LogP contribution in [0.4, 0.5) is 0 Å². The SMILES string of the molecule is CC(C)CC(C)(CN)NS(=O)(=O)c1ccccc1-c1ccno1. The lowest BCUT2D eigenvalue weighted by atomic mass is 9.92. The Morgan fingerprint density at radius 2 is 2.00 bits per heavy atom. The fraction of sp³-hybridized carbons (Fsp3) is 0.438. The van der Waals surface area contributed by atoms with Crippen molar-refractivity contribution in [3.8, 4) is 11.3 Å². The van der Waals surface area contributed by atoms with E-state index in [0.717, 1.165) is 0 Å². The Hall–Kier alpha value is -1.70. The van der Waals surface area contributed by atoms with Crippen molar-refractivity contribution in [1.82, 2.24) is 9.88 Å². The Bertz CT molecular complexity index is 742. The van der Waals surface area contributed by atoms with E-state index in [-0.39, 0.29) is 11.4 Å². The molecule has 0 saturated heterocycles. The van der Waals surface area contributed by atoms with E-state index < -0.39 is 15.6 Å². The first-order chi connectivity index (χ1) is 10.8. The van der Waals surface area contributed by atoms with E-state index in [1.165, 1.54) is 6.20 Å². The highest BCUT2D eigenvalue weighted by Gasteiger charge is 2.31. The van der Waals surface area contributed by atoms with Crippen molar-refractivity contribution in [2.45, 2.75) is 37.6 Å². The van der Waals surface area contributed by atoms with Gasteiger partial charge in [-0.15, -0.1) is 0 Å². The van der Waals surface area contributed by atoms with Crippen molar-refractivity contribution >= 4 is 10.0 Å². The molecule has 1 aromatic carbocycles. The molecule has 23 heavy (non-hydrogen) atoms. The van der Waals surface area contributed by atoms with Gasteiger partial charge >= 0.3 is 0 Å². The van der Waals surface area contributed by atoms with Gasteiger partial charge in [0.15, 0.2) is 5.76 Å². The van der Waals surface area contributed by atoms with Crippen molar-refractivity contribution in [3.63, 3.8) is 0 Å². The van der Waals surface area contributed by atoms with Crippen LogP contribution in [0.3, 0.4) is 0 Å². The Labute approximate surface area is 137 Å². The van der Waals surface area contributed by atoms with Crippen LogP contribution in [0.2, 0.25) is 0 Å². The Kier molecular flexibility index (Phi) is 5.23. The molecule has 0 bridgehead atoms. The first kappa shape index (κ1) is 17.7. The molecule has 0 spiro atoms. The lowest BCUT2D eigenvalue weighted by molar-refractivity contribution is 0.344. The molecular formula is C16H23N3O3S. The summed E-state index contributed by atoms with van der Waals surface area (Å²) in [5.74, 6) is 0.722. The van der Waals surface area contributed by atoms with Crippen molar-refractivity contribution in [2.75, 3.05) is 6.54 Å². The van der Waals surface area contributed by atoms with Gasteiger partial charge in [0.2, 0.25) is 10.0 Å². The summed E-state index contributed by atoms with van der Waals surface area (Å²) in [7, 11) is -3.75. The van der Waals surface area contributed by atoms with Gasteiger partial charge in [-0.25, -0.2) is 13.1 Å². The summed E-state index contributed by atoms with van der Waals surface area (Å²) in [5.41, 5.74) is 5.58. The van der Waals surface area contributed by atoms with Gasteiger partial charge in [0.25, 0.3) is 0 Å². The molecule has 0 aliphatic carbocycles. The second-order valence-electron chi connectivity index (χ2n) is 6.34. The van der Waals surface area contributed by atoms with Crippen LogP contribution in [0.1, 0.15) is 27.2 Å². The minimum absolute atomic E-state index is 0.153. The van der Waals surface area contributed by atoms with Crippen LogP contribution in [0, 0.1) is 5.92 Å². The normalized spacial score (nSPS) is 14.8. The fourth-order valence-electron chi connectivity index (χ4n) is 2.71. The largest absolute Gasteiger partial charge is 0.356 e. The fourth-order valence-corrected chi connectivity index (χ4v) is 4.35. The number of sulfonamides is 1. The number of aromatic nitrogens is 1. The van der Waals surface area contributed by atoms with Gasteiger partial charge < -0.3 is 10.3 Å². The highest BCUT2D eigenvalue weighted by atomic mass is 32.2. The van der Waals surface area contributed by atoms with Gasteiger partial charge in [0, 0.05) is 23.7 Å². The molecule has 0 amide bonds. The summed E-state index contributed by atoms with van der Waals surface area (Å²) >= 11 is 0. The Morgan fingerprint density at radius 1 is 1.30 bits per heavy atom. The number of benzene rings is 1. The predicted octanol–water partition coefficient (Wildman–Crippen LogP) is 2.38. The maximum absolute atomic E-state index is 12.9. The summed E-state index contributed by atoms with van der Waals surface area (Å²) in [6.45, 7) is 6.10. The van der Waals surface area contributed by atoms with Crippen LogP contribution >= 0.6 is 0 Å². The topological polar surface area (TPSA) is 98.2 Å². The van der Waals surface area contributed by atoms with Crippen LogP contribution in [0.15, 0.2) is 45.9 Å². The minimum atomic E-state index is -3.75. The molecule has 3 N–H and O–H groups in total. The van der Waals surface area contributed by atoms with E-state index in [9.17, 15) is 8.42 Å². The maximum atomic E-state index is 12.9. The number of nitrogens with zero attached hydrogens (tertiary/aromatic N) is 1. The molecule has 2 aromatic rings. The van der Waals surface area contributed by atoms with E-state index in [1.807, 2.05) is 20.8 Å². The number of hydrogen-bond acceptors (Lipinski definition) is 5. The molecule has 1 heterocycles. The zero-order valence-electron chi connectivity index (χ0n) is 13.6. The molecule has 0 saturated carbocycles. The summed E-state index contributed by atoms with van der Waals surface area (Å²) in [6.07, 6.45) is 2.13. The van der Waals surface area contributed by atoms with Crippen molar-refractivity contribution in [3.05, 3.63) is 36.5 Å². The van der Waals surface area contributed by atoms with E-state index >= 15 is 0 Å². The zero-order chi connectivity index (χ0) is 17.1. The molecule has 7 heteroatoms. The average molecular weight is 337 g/mol. The zero-order valence-corrected chi connectivity index (χ0v) is 14.4. The highest BCUT2D eigenvalue weighted by molar-refractivity contribution is 7.89. The standard InChI is InChI=1S/C16H23N3O3S/c1-12(2)10-16(3,11-17)19-23(20,21)15-7-5-4-6-13(15)14-8-9-18-22-14/h4-9,12,19H,10-11,17H2,1-3H3. The number of rotatable bonds is 7. The monoisotopic (exact) mass is 337 g/mol. The highest BCUT2D eigenvalue weighted by Crippen LogP contribution is 2.28. The van der Waals surface area contributed by atoms with Gasteiger partial charge in [-0.2, -0.15) is 0 Å². The summed E-state index contributed by atoms with van der Waals surface area (Å²) in [5, 5.41) is 3.64. The molecule has 126 valence electrons. The predicted molar refractivity (Wildman–Crippen MR) is 89.2 cm³/mol. The minimum Gasteiger partial charge on any atom is -0.356 e. The Balaban J connectivity index is 2.41. The van der Waals surface area contributed by atoms with Crippen molar-refractivity contribution in [2.24, 2.45) is 11.7 Å². The van der Waals surface area contributed by atoms with Crippen LogP contribution in [-0.2, 0) is 10.0 Å². The average Bonchev–Trinajstić information content (AvgIpc) is 3.00.